The van der Waals surface area contributed by atoms with Gasteiger partial charge in [0.05, 0.1) is 18.3 Å². The second kappa shape index (κ2) is 7.58. The highest BCUT2D eigenvalue weighted by molar-refractivity contribution is 5.52. The molecule has 1 spiro atoms. The number of allylic oxidation sites excluding steroid dienone is 3. The first-order chi connectivity index (χ1) is 15.8. The minimum Gasteiger partial charge on any atom is -0.389 e. The average Bonchev–Trinajstić information content (AvgIpc) is 3.33. The van der Waals surface area contributed by atoms with Gasteiger partial charge in [-0.15, -0.1) is 0 Å². The molecule has 0 radical (unpaired) electrons. The Kier molecular flexibility index (Phi) is 4.98. The second-order valence-corrected chi connectivity index (χ2v) is 11.7. The molecule has 33 heavy (non-hydrogen) atoms. The molecule has 1 heterocycles. The number of rotatable bonds is 2. The van der Waals surface area contributed by atoms with Gasteiger partial charge in [0.1, 0.15) is 0 Å². The lowest BCUT2D eigenvalue weighted by Crippen LogP contribution is -2.52. The van der Waals surface area contributed by atoms with Gasteiger partial charge in [-0.3, -0.25) is 0 Å². The van der Waals surface area contributed by atoms with Gasteiger partial charge in [0, 0.05) is 31.1 Å². The monoisotopic (exact) mass is 445 g/mol. The van der Waals surface area contributed by atoms with Crippen molar-refractivity contribution in [2.45, 2.75) is 75.9 Å². The van der Waals surface area contributed by atoms with E-state index < -0.39 is 0 Å². The number of anilines is 1. The third-order valence-corrected chi connectivity index (χ3v) is 10.1. The van der Waals surface area contributed by atoms with Crippen LogP contribution in [-0.2, 0) is 4.74 Å². The van der Waals surface area contributed by atoms with Crippen LogP contribution in [0.1, 0.15) is 69.8 Å². The van der Waals surface area contributed by atoms with E-state index >= 15 is 0 Å². The van der Waals surface area contributed by atoms with Crippen LogP contribution in [0.25, 0.3) is 0 Å². The lowest BCUT2D eigenvalue weighted by molar-refractivity contribution is -0.0874. The predicted molar refractivity (Wildman–Crippen MR) is 134 cm³/mol. The molecular formula is C30H39NO2. The summed E-state index contributed by atoms with van der Waals surface area (Å²) in [4.78, 5) is 2.18. The third-order valence-electron chi connectivity index (χ3n) is 10.1. The number of aliphatic hydroxyl groups is 1. The maximum absolute atomic E-state index is 10.3. The lowest BCUT2D eigenvalue weighted by atomic mass is 9.50. The van der Waals surface area contributed by atoms with Gasteiger partial charge in [-0.05, 0) is 97.6 Å². The summed E-state index contributed by atoms with van der Waals surface area (Å²) < 4.78 is 6.65. The van der Waals surface area contributed by atoms with Crippen LogP contribution in [0.2, 0.25) is 0 Å². The van der Waals surface area contributed by atoms with Crippen molar-refractivity contribution in [1.29, 1.82) is 0 Å². The summed E-state index contributed by atoms with van der Waals surface area (Å²) in [6.07, 6.45) is 10.7. The third kappa shape index (κ3) is 3.01. The molecular weight excluding hydrogens is 406 g/mol. The summed E-state index contributed by atoms with van der Waals surface area (Å²) in [6.45, 7) is 7.93. The molecule has 0 bridgehead atoms. The fraction of sp³-hybridized carbons (Fsp3) is 0.600. The average molecular weight is 446 g/mol. The van der Waals surface area contributed by atoms with Crippen LogP contribution in [0.3, 0.4) is 0 Å². The summed E-state index contributed by atoms with van der Waals surface area (Å²) in [5.41, 5.74) is 8.79. The van der Waals surface area contributed by atoms with E-state index in [1.165, 1.54) is 35.2 Å². The first-order valence-corrected chi connectivity index (χ1v) is 13.1. The Labute approximate surface area is 199 Å². The molecule has 0 aromatic heterocycles. The van der Waals surface area contributed by atoms with Crippen molar-refractivity contribution < 1.29 is 9.84 Å². The zero-order valence-electron chi connectivity index (χ0n) is 20.6. The molecule has 1 N–H and O–H groups in total. The van der Waals surface area contributed by atoms with Gasteiger partial charge in [-0.2, -0.15) is 0 Å². The van der Waals surface area contributed by atoms with E-state index in [2.05, 4.69) is 62.8 Å². The van der Waals surface area contributed by atoms with Crippen LogP contribution in [-0.4, -0.2) is 37.5 Å². The SMILES string of the molecule is C=C1CCO[C@@]12CC[C@H]1[C@@H]3CCC4=C[C@H](O)CCC4=C3[C@@H](c3ccc(N(C)C)cc3)C[C@@]12C. The highest BCUT2D eigenvalue weighted by atomic mass is 16.5. The molecule has 1 aliphatic heterocycles. The van der Waals surface area contributed by atoms with E-state index in [0.717, 1.165) is 45.1 Å². The van der Waals surface area contributed by atoms with Crippen LogP contribution in [0.5, 0.6) is 0 Å². The van der Waals surface area contributed by atoms with Gasteiger partial charge in [0.15, 0.2) is 0 Å². The molecule has 6 atom stereocenters. The fourth-order valence-corrected chi connectivity index (χ4v) is 8.54. The number of fused-ring (bicyclic) bond motifs is 5. The second-order valence-electron chi connectivity index (χ2n) is 11.7. The standard InChI is InChI=1S/C30H39NO2/c1-19-14-16-33-30(19)15-13-27-25-11-7-21-17-23(32)10-12-24(21)28(25)26(18-29(27,30)2)20-5-8-22(9-6-20)31(3)4/h5-6,8-9,17,23,25-27,32H,1,7,10-16,18H2,2-4H3/t23-,25+,26-,27+,29+,30+/m1/s1. The van der Waals surface area contributed by atoms with Crippen LogP contribution in [0.15, 0.2) is 59.2 Å². The Morgan fingerprint density at radius 3 is 2.55 bits per heavy atom. The molecule has 1 aromatic rings. The minimum absolute atomic E-state index is 0.130. The van der Waals surface area contributed by atoms with Crippen molar-refractivity contribution in [2.75, 3.05) is 25.6 Å². The molecule has 4 aliphatic carbocycles. The van der Waals surface area contributed by atoms with Crippen LogP contribution in [0.4, 0.5) is 5.69 Å². The number of ether oxygens (including phenoxy) is 1. The van der Waals surface area contributed by atoms with Gasteiger partial charge in [-0.1, -0.05) is 37.3 Å². The maximum Gasteiger partial charge on any atom is 0.0946 e. The van der Waals surface area contributed by atoms with Gasteiger partial charge < -0.3 is 14.7 Å². The maximum atomic E-state index is 10.3. The molecule has 3 heteroatoms. The summed E-state index contributed by atoms with van der Waals surface area (Å²) in [5.74, 6) is 1.72. The normalized spacial score (nSPS) is 39.9. The quantitative estimate of drug-likeness (QED) is 0.554. The van der Waals surface area contributed by atoms with E-state index in [9.17, 15) is 5.11 Å². The van der Waals surface area contributed by atoms with Gasteiger partial charge in [0.2, 0.25) is 0 Å². The zero-order valence-corrected chi connectivity index (χ0v) is 20.6. The Morgan fingerprint density at radius 1 is 1.06 bits per heavy atom. The predicted octanol–water partition coefficient (Wildman–Crippen LogP) is 6.16. The number of hydrogen-bond donors (Lipinski definition) is 1. The Morgan fingerprint density at radius 2 is 1.85 bits per heavy atom. The highest BCUT2D eigenvalue weighted by Gasteiger charge is 2.65. The molecule has 5 aliphatic rings. The van der Waals surface area contributed by atoms with E-state index in [-0.39, 0.29) is 17.1 Å². The van der Waals surface area contributed by atoms with Gasteiger partial charge in [0.25, 0.3) is 0 Å². The van der Waals surface area contributed by atoms with Crippen molar-refractivity contribution in [2.24, 2.45) is 17.3 Å². The van der Waals surface area contributed by atoms with Crippen molar-refractivity contribution in [3.63, 3.8) is 0 Å². The topological polar surface area (TPSA) is 32.7 Å². The molecule has 1 saturated heterocycles. The molecule has 3 nitrogen and oxygen atoms in total. The lowest BCUT2D eigenvalue weighted by Gasteiger charge is -2.55. The minimum atomic E-state index is -0.266. The molecule has 0 unspecified atom stereocenters. The zero-order chi connectivity index (χ0) is 23.0. The van der Waals surface area contributed by atoms with E-state index in [1.54, 1.807) is 11.1 Å². The number of hydrogen-bond acceptors (Lipinski definition) is 3. The fourth-order valence-electron chi connectivity index (χ4n) is 8.54. The van der Waals surface area contributed by atoms with Gasteiger partial charge >= 0.3 is 0 Å². The molecule has 0 amide bonds. The van der Waals surface area contributed by atoms with Crippen LogP contribution < -0.4 is 4.90 Å². The number of benzene rings is 1. The molecule has 1 aromatic carbocycles. The summed E-state index contributed by atoms with van der Waals surface area (Å²) in [5, 5.41) is 10.3. The molecule has 176 valence electrons. The Balaban J connectivity index is 1.50. The number of aliphatic hydroxyl groups excluding tert-OH is 1. The molecule has 3 fully saturated rings. The first-order valence-electron chi connectivity index (χ1n) is 13.1. The summed E-state index contributed by atoms with van der Waals surface area (Å²) in [7, 11) is 4.22. The molecule has 6 rings (SSSR count). The van der Waals surface area contributed by atoms with Crippen molar-refractivity contribution in [1.82, 2.24) is 0 Å². The van der Waals surface area contributed by atoms with Crippen LogP contribution in [0, 0.1) is 17.3 Å². The van der Waals surface area contributed by atoms with Crippen molar-refractivity contribution >= 4 is 5.69 Å². The Hall–Kier alpha value is -1.84. The van der Waals surface area contributed by atoms with Crippen molar-refractivity contribution in [3.05, 3.63) is 64.8 Å². The summed E-state index contributed by atoms with van der Waals surface area (Å²) in [6, 6.07) is 9.30. The first kappa shape index (κ1) is 21.7. The largest absolute Gasteiger partial charge is 0.389 e. The Bertz CT molecular complexity index is 1030. The number of nitrogens with zero attached hydrogens (tertiary/aromatic N) is 1. The van der Waals surface area contributed by atoms with E-state index in [4.69, 9.17) is 4.74 Å². The van der Waals surface area contributed by atoms with Gasteiger partial charge in [-0.25, -0.2) is 0 Å². The van der Waals surface area contributed by atoms with Crippen LogP contribution >= 0.6 is 0 Å². The van der Waals surface area contributed by atoms with E-state index in [1.807, 2.05) is 0 Å². The highest BCUT2D eigenvalue weighted by Crippen LogP contribution is 2.70. The smallest absolute Gasteiger partial charge is 0.0946 e. The molecule has 2 saturated carbocycles. The summed E-state index contributed by atoms with van der Waals surface area (Å²) >= 11 is 0. The van der Waals surface area contributed by atoms with E-state index in [0.29, 0.717) is 17.8 Å². The van der Waals surface area contributed by atoms with Crippen molar-refractivity contribution in [3.8, 4) is 0 Å².